The fraction of sp³-hybridized carbons (Fsp3) is 1.00. The van der Waals surface area contributed by atoms with Crippen molar-refractivity contribution in [3.8, 4) is 0 Å². The molecule has 19 heavy (non-hydrogen) atoms. The summed E-state index contributed by atoms with van der Waals surface area (Å²) in [6.45, 7) is 14.3. The Kier molecular flexibility index (Phi) is 7.96. The van der Waals surface area contributed by atoms with Crippen molar-refractivity contribution in [1.29, 1.82) is 0 Å². The molecule has 0 aliphatic carbocycles. The lowest BCUT2D eigenvalue weighted by Gasteiger charge is -2.47. The van der Waals surface area contributed by atoms with E-state index < -0.39 is 0 Å². The van der Waals surface area contributed by atoms with Gasteiger partial charge in [-0.15, -0.1) is 0 Å². The SMILES string of the molecule is CCCOCCN1CC(CC)(CC)NCC1CCC. The molecule has 3 heteroatoms. The van der Waals surface area contributed by atoms with Crippen molar-refractivity contribution in [2.24, 2.45) is 0 Å². The highest BCUT2D eigenvalue weighted by atomic mass is 16.5. The summed E-state index contributed by atoms with van der Waals surface area (Å²) < 4.78 is 5.69. The molecule has 0 aromatic heterocycles. The van der Waals surface area contributed by atoms with Gasteiger partial charge in [-0.05, 0) is 25.7 Å². The Labute approximate surface area is 120 Å². The first-order valence-electron chi connectivity index (χ1n) is 8.28. The second kappa shape index (κ2) is 8.93. The van der Waals surface area contributed by atoms with E-state index in [2.05, 4.69) is 37.9 Å². The maximum Gasteiger partial charge on any atom is 0.0593 e. The maximum absolute atomic E-state index is 5.69. The van der Waals surface area contributed by atoms with Gasteiger partial charge in [-0.25, -0.2) is 0 Å². The molecule has 0 aromatic carbocycles. The zero-order chi connectivity index (χ0) is 14.1. The van der Waals surface area contributed by atoms with Crippen molar-refractivity contribution in [2.45, 2.75) is 71.4 Å². The molecule has 0 radical (unpaired) electrons. The minimum absolute atomic E-state index is 0.328. The van der Waals surface area contributed by atoms with Gasteiger partial charge in [0.2, 0.25) is 0 Å². The lowest BCUT2D eigenvalue weighted by molar-refractivity contribution is 0.0343. The summed E-state index contributed by atoms with van der Waals surface area (Å²) in [4.78, 5) is 2.67. The van der Waals surface area contributed by atoms with E-state index >= 15 is 0 Å². The van der Waals surface area contributed by atoms with Gasteiger partial charge in [-0.2, -0.15) is 0 Å². The quantitative estimate of drug-likeness (QED) is 0.652. The Morgan fingerprint density at radius 3 is 2.42 bits per heavy atom. The van der Waals surface area contributed by atoms with Crippen LogP contribution in [0.4, 0.5) is 0 Å². The van der Waals surface area contributed by atoms with Crippen molar-refractivity contribution in [2.75, 3.05) is 32.8 Å². The summed E-state index contributed by atoms with van der Waals surface area (Å²) >= 11 is 0. The summed E-state index contributed by atoms with van der Waals surface area (Å²) in [5, 5.41) is 3.82. The summed E-state index contributed by atoms with van der Waals surface area (Å²) in [5.74, 6) is 0. The van der Waals surface area contributed by atoms with Gasteiger partial charge in [0.1, 0.15) is 0 Å². The van der Waals surface area contributed by atoms with Gasteiger partial charge in [0, 0.05) is 37.8 Å². The second-order valence-electron chi connectivity index (χ2n) is 5.89. The minimum Gasteiger partial charge on any atom is -0.380 e. The van der Waals surface area contributed by atoms with Crippen LogP contribution in [0.15, 0.2) is 0 Å². The van der Waals surface area contributed by atoms with Crippen molar-refractivity contribution in [1.82, 2.24) is 10.2 Å². The van der Waals surface area contributed by atoms with Crippen molar-refractivity contribution >= 4 is 0 Å². The first-order valence-corrected chi connectivity index (χ1v) is 8.28. The third-order valence-corrected chi connectivity index (χ3v) is 4.58. The van der Waals surface area contributed by atoms with Gasteiger partial charge >= 0.3 is 0 Å². The monoisotopic (exact) mass is 270 g/mol. The zero-order valence-electron chi connectivity index (χ0n) is 13.5. The van der Waals surface area contributed by atoms with Crippen molar-refractivity contribution in [3.05, 3.63) is 0 Å². The number of rotatable bonds is 9. The van der Waals surface area contributed by atoms with Crippen LogP contribution < -0.4 is 5.32 Å². The van der Waals surface area contributed by atoms with E-state index in [4.69, 9.17) is 4.74 Å². The van der Waals surface area contributed by atoms with Gasteiger partial charge < -0.3 is 10.1 Å². The topological polar surface area (TPSA) is 24.5 Å². The van der Waals surface area contributed by atoms with E-state index in [0.29, 0.717) is 11.6 Å². The highest BCUT2D eigenvalue weighted by Gasteiger charge is 2.35. The molecule has 0 saturated carbocycles. The van der Waals surface area contributed by atoms with Gasteiger partial charge in [0.15, 0.2) is 0 Å². The van der Waals surface area contributed by atoms with Crippen LogP contribution in [-0.4, -0.2) is 49.3 Å². The second-order valence-corrected chi connectivity index (χ2v) is 5.89. The van der Waals surface area contributed by atoms with E-state index in [1.165, 1.54) is 32.2 Å². The molecule has 0 aromatic rings. The summed E-state index contributed by atoms with van der Waals surface area (Å²) in [6.07, 6.45) is 6.12. The van der Waals surface area contributed by atoms with Crippen LogP contribution in [0.3, 0.4) is 0 Å². The Morgan fingerprint density at radius 1 is 1.11 bits per heavy atom. The first kappa shape index (κ1) is 16.9. The zero-order valence-corrected chi connectivity index (χ0v) is 13.5. The van der Waals surface area contributed by atoms with Gasteiger partial charge in [0.05, 0.1) is 6.61 Å². The molecule has 1 aliphatic heterocycles. The van der Waals surface area contributed by atoms with Crippen LogP contribution in [0, 0.1) is 0 Å². The molecule has 3 nitrogen and oxygen atoms in total. The highest BCUT2D eigenvalue weighted by molar-refractivity contribution is 4.96. The van der Waals surface area contributed by atoms with E-state index in [0.717, 1.165) is 32.7 Å². The third kappa shape index (κ3) is 5.05. The first-order chi connectivity index (χ1) is 9.21. The molecule has 114 valence electrons. The van der Waals surface area contributed by atoms with Gasteiger partial charge in [-0.3, -0.25) is 4.90 Å². The molecule has 1 N–H and O–H groups in total. The largest absolute Gasteiger partial charge is 0.380 e. The number of hydrogen-bond donors (Lipinski definition) is 1. The van der Waals surface area contributed by atoms with Crippen LogP contribution in [0.2, 0.25) is 0 Å². The Bertz CT molecular complexity index is 229. The maximum atomic E-state index is 5.69. The molecule has 1 saturated heterocycles. The van der Waals surface area contributed by atoms with Crippen LogP contribution in [0.25, 0.3) is 0 Å². The summed E-state index contributed by atoms with van der Waals surface area (Å²) in [7, 11) is 0. The Morgan fingerprint density at radius 2 is 1.84 bits per heavy atom. The average Bonchev–Trinajstić information content (AvgIpc) is 2.45. The molecule has 1 unspecified atom stereocenters. The van der Waals surface area contributed by atoms with E-state index in [1.807, 2.05) is 0 Å². The van der Waals surface area contributed by atoms with E-state index in [9.17, 15) is 0 Å². The summed E-state index contributed by atoms with van der Waals surface area (Å²) in [6, 6.07) is 0.696. The normalized spacial score (nSPS) is 23.7. The molecule has 1 rings (SSSR count). The molecule has 1 atom stereocenters. The minimum atomic E-state index is 0.328. The van der Waals surface area contributed by atoms with E-state index in [-0.39, 0.29) is 0 Å². The lowest BCUT2D eigenvalue weighted by atomic mass is 9.88. The predicted molar refractivity (Wildman–Crippen MR) is 82.7 cm³/mol. The van der Waals surface area contributed by atoms with Crippen LogP contribution in [-0.2, 0) is 4.74 Å². The molecule has 1 aliphatic rings. The molecular formula is C16H34N2O. The Hall–Kier alpha value is -0.120. The average molecular weight is 270 g/mol. The molecular weight excluding hydrogens is 236 g/mol. The summed E-state index contributed by atoms with van der Waals surface area (Å²) in [5.41, 5.74) is 0.328. The third-order valence-electron chi connectivity index (χ3n) is 4.58. The van der Waals surface area contributed by atoms with Gasteiger partial charge in [0.25, 0.3) is 0 Å². The van der Waals surface area contributed by atoms with Crippen molar-refractivity contribution < 1.29 is 4.74 Å². The highest BCUT2D eigenvalue weighted by Crippen LogP contribution is 2.24. The fourth-order valence-corrected chi connectivity index (χ4v) is 3.07. The van der Waals surface area contributed by atoms with Crippen LogP contribution >= 0.6 is 0 Å². The number of nitrogens with one attached hydrogen (secondary N) is 1. The number of piperazine rings is 1. The van der Waals surface area contributed by atoms with Crippen LogP contribution in [0.1, 0.15) is 59.8 Å². The smallest absolute Gasteiger partial charge is 0.0593 e. The standard InChI is InChI=1S/C16H34N2O/c1-5-9-15-13-17-16(7-3,8-4)14-18(15)10-12-19-11-6-2/h15,17H,5-14H2,1-4H3. The molecule has 0 spiro atoms. The van der Waals surface area contributed by atoms with Crippen molar-refractivity contribution in [3.63, 3.8) is 0 Å². The molecule has 0 bridgehead atoms. The number of ether oxygens (including phenoxy) is 1. The molecule has 0 amide bonds. The predicted octanol–water partition coefficient (Wildman–Crippen LogP) is 3.05. The fourth-order valence-electron chi connectivity index (χ4n) is 3.07. The van der Waals surface area contributed by atoms with E-state index in [1.54, 1.807) is 0 Å². The van der Waals surface area contributed by atoms with Gasteiger partial charge in [-0.1, -0.05) is 34.1 Å². The Balaban J connectivity index is 2.52. The van der Waals surface area contributed by atoms with Crippen LogP contribution in [0.5, 0.6) is 0 Å². The number of nitrogens with zero attached hydrogens (tertiary/aromatic N) is 1. The number of hydrogen-bond acceptors (Lipinski definition) is 3. The molecule has 1 heterocycles. The lowest BCUT2D eigenvalue weighted by Crippen LogP contribution is -2.64. The molecule has 1 fully saturated rings.